The van der Waals surface area contributed by atoms with Gasteiger partial charge in [0, 0.05) is 18.4 Å². The van der Waals surface area contributed by atoms with E-state index >= 15 is 0 Å². The summed E-state index contributed by atoms with van der Waals surface area (Å²) in [6.45, 7) is 2.41. The number of amides is 1. The first-order valence-electron chi connectivity index (χ1n) is 11.3. The predicted molar refractivity (Wildman–Crippen MR) is 117 cm³/mol. The highest BCUT2D eigenvalue weighted by Gasteiger charge is 2.24. The van der Waals surface area contributed by atoms with Crippen molar-refractivity contribution in [3.8, 4) is 0 Å². The van der Waals surface area contributed by atoms with Crippen molar-refractivity contribution in [2.75, 3.05) is 19.6 Å². The number of H-pyrrole nitrogens is 1. The number of carbonyl (C=O) groups is 1. The SMILES string of the molecule is O=C(CN1CCCCCC1)NC(Cc1cc(=O)[nH]c(C2CCC2)n1)c1ccccc1. The van der Waals surface area contributed by atoms with Gasteiger partial charge in [0.25, 0.3) is 5.56 Å². The summed E-state index contributed by atoms with van der Waals surface area (Å²) in [6.07, 6.45) is 8.70. The molecule has 1 amide bonds. The second kappa shape index (κ2) is 10.0. The van der Waals surface area contributed by atoms with Crippen LogP contribution in [0, 0.1) is 0 Å². The molecular weight excluding hydrogens is 376 g/mol. The number of nitrogens with one attached hydrogen (secondary N) is 2. The fourth-order valence-electron chi connectivity index (χ4n) is 4.39. The second-order valence-electron chi connectivity index (χ2n) is 8.68. The Hall–Kier alpha value is -2.47. The molecule has 6 heteroatoms. The number of aromatic amines is 1. The van der Waals surface area contributed by atoms with Crippen LogP contribution in [0.1, 0.15) is 74.0 Å². The molecule has 160 valence electrons. The lowest BCUT2D eigenvalue weighted by molar-refractivity contribution is -0.123. The van der Waals surface area contributed by atoms with Gasteiger partial charge in [-0.1, -0.05) is 49.6 Å². The number of hydrogen-bond acceptors (Lipinski definition) is 4. The van der Waals surface area contributed by atoms with E-state index in [1.807, 2.05) is 30.3 Å². The molecule has 4 rings (SSSR count). The van der Waals surface area contributed by atoms with Crippen LogP contribution in [-0.2, 0) is 11.2 Å². The van der Waals surface area contributed by atoms with Crippen molar-refractivity contribution < 1.29 is 4.79 Å². The normalized spacial score (nSPS) is 18.9. The van der Waals surface area contributed by atoms with Crippen LogP contribution in [0.25, 0.3) is 0 Å². The van der Waals surface area contributed by atoms with Crippen LogP contribution in [0.3, 0.4) is 0 Å². The number of nitrogens with zero attached hydrogens (tertiary/aromatic N) is 2. The topological polar surface area (TPSA) is 78.1 Å². The predicted octanol–water partition coefficient (Wildman–Crippen LogP) is 3.31. The van der Waals surface area contributed by atoms with Crippen LogP contribution >= 0.6 is 0 Å². The Morgan fingerprint density at radius 1 is 1.10 bits per heavy atom. The first-order valence-corrected chi connectivity index (χ1v) is 11.3. The van der Waals surface area contributed by atoms with E-state index in [-0.39, 0.29) is 17.5 Å². The molecule has 6 nitrogen and oxygen atoms in total. The van der Waals surface area contributed by atoms with E-state index in [2.05, 4.69) is 15.2 Å². The third-order valence-electron chi connectivity index (χ3n) is 6.32. The van der Waals surface area contributed by atoms with Gasteiger partial charge in [0.1, 0.15) is 5.82 Å². The number of benzene rings is 1. The summed E-state index contributed by atoms with van der Waals surface area (Å²) >= 11 is 0. The smallest absolute Gasteiger partial charge is 0.251 e. The highest BCUT2D eigenvalue weighted by molar-refractivity contribution is 5.78. The molecule has 1 aliphatic heterocycles. The van der Waals surface area contributed by atoms with Crippen molar-refractivity contribution in [3.05, 3.63) is 63.8 Å². The molecule has 2 N–H and O–H groups in total. The van der Waals surface area contributed by atoms with E-state index in [0.29, 0.717) is 18.9 Å². The molecule has 0 spiro atoms. The number of aromatic nitrogens is 2. The third-order valence-corrected chi connectivity index (χ3v) is 6.32. The van der Waals surface area contributed by atoms with Crippen molar-refractivity contribution in [2.45, 2.75) is 63.3 Å². The zero-order valence-electron chi connectivity index (χ0n) is 17.6. The lowest BCUT2D eigenvalue weighted by atomic mass is 9.85. The molecule has 30 heavy (non-hydrogen) atoms. The van der Waals surface area contributed by atoms with Gasteiger partial charge in [-0.2, -0.15) is 0 Å². The van der Waals surface area contributed by atoms with Crippen molar-refractivity contribution >= 4 is 5.91 Å². The summed E-state index contributed by atoms with van der Waals surface area (Å²) in [5.74, 6) is 1.20. The minimum Gasteiger partial charge on any atom is -0.348 e. The van der Waals surface area contributed by atoms with E-state index < -0.39 is 0 Å². The van der Waals surface area contributed by atoms with Gasteiger partial charge < -0.3 is 10.3 Å². The summed E-state index contributed by atoms with van der Waals surface area (Å²) in [7, 11) is 0. The fourth-order valence-corrected chi connectivity index (χ4v) is 4.39. The number of hydrogen-bond donors (Lipinski definition) is 2. The standard InChI is InChI=1S/C24H32N4O2/c29-22-16-20(25-24(27-22)19-11-8-12-19)15-21(18-9-4-3-5-10-18)26-23(30)17-28-13-6-1-2-7-14-28/h3-5,9-10,16,19,21H,1-2,6-8,11-15,17H2,(H,26,30)(H,25,27,29). The van der Waals surface area contributed by atoms with Gasteiger partial charge in [-0.3, -0.25) is 14.5 Å². The van der Waals surface area contributed by atoms with Crippen LogP contribution in [0.2, 0.25) is 0 Å². The summed E-state index contributed by atoms with van der Waals surface area (Å²) in [5, 5.41) is 3.21. The zero-order chi connectivity index (χ0) is 20.8. The molecule has 1 saturated carbocycles. The average Bonchev–Trinajstić information content (AvgIpc) is 2.95. The Morgan fingerprint density at radius 3 is 2.50 bits per heavy atom. The quantitative estimate of drug-likeness (QED) is 0.737. The Bertz CT molecular complexity index is 884. The Kier molecular flexibility index (Phi) is 6.95. The molecule has 1 unspecified atom stereocenters. The highest BCUT2D eigenvalue weighted by Crippen LogP contribution is 2.34. The Balaban J connectivity index is 1.48. The maximum absolute atomic E-state index is 12.9. The molecule has 1 atom stereocenters. The molecule has 1 aromatic carbocycles. The van der Waals surface area contributed by atoms with Gasteiger partial charge in [0.2, 0.25) is 5.91 Å². The van der Waals surface area contributed by atoms with Crippen molar-refractivity contribution in [3.63, 3.8) is 0 Å². The van der Waals surface area contributed by atoms with Gasteiger partial charge in [0.05, 0.1) is 18.3 Å². The molecule has 2 fully saturated rings. The van der Waals surface area contributed by atoms with Gasteiger partial charge in [-0.15, -0.1) is 0 Å². The molecule has 2 aromatic rings. The van der Waals surface area contributed by atoms with E-state index in [1.54, 1.807) is 6.07 Å². The van der Waals surface area contributed by atoms with Crippen LogP contribution < -0.4 is 10.9 Å². The van der Waals surface area contributed by atoms with Gasteiger partial charge in [-0.25, -0.2) is 4.98 Å². The van der Waals surface area contributed by atoms with E-state index in [1.165, 1.54) is 19.3 Å². The third kappa shape index (κ3) is 5.57. The Morgan fingerprint density at radius 2 is 1.83 bits per heavy atom. The molecule has 1 aromatic heterocycles. The summed E-state index contributed by atoms with van der Waals surface area (Å²) in [6, 6.07) is 11.4. The zero-order valence-corrected chi connectivity index (χ0v) is 17.6. The first-order chi connectivity index (χ1) is 14.7. The molecule has 1 aliphatic carbocycles. The highest BCUT2D eigenvalue weighted by atomic mass is 16.2. The van der Waals surface area contributed by atoms with E-state index in [9.17, 15) is 9.59 Å². The summed E-state index contributed by atoms with van der Waals surface area (Å²) in [5.41, 5.74) is 1.67. The van der Waals surface area contributed by atoms with Crippen LogP contribution in [0.4, 0.5) is 0 Å². The molecule has 0 radical (unpaired) electrons. The number of carbonyl (C=O) groups excluding carboxylic acids is 1. The molecule has 2 heterocycles. The van der Waals surface area contributed by atoms with Gasteiger partial charge in [0.15, 0.2) is 0 Å². The van der Waals surface area contributed by atoms with Crippen LogP contribution in [-0.4, -0.2) is 40.4 Å². The van der Waals surface area contributed by atoms with Gasteiger partial charge in [-0.05, 0) is 44.3 Å². The summed E-state index contributed by atoms with van der Waals surface area (Å²) < 4.78 is 0. The monoisotopic (exact) mass is 408 g/mol. The number of likely N-dealkylation sites (tertiary alicyclic amines) is 1. The lowest BCUT2D eigenvalue weighted by Gasteiger charge is -2.25. The van der Waals surface area contributed by atoms with E-state index in [0.717, 1.165) is 55.9 Å². The van der Waals surface area contributed by atoms with Crippen LogP contribution in [0.15, 0.2) is 41.2 Å². The van der Waals surface area contributed by atoms with Crippen LogP contribution in [0.5, 0.6) is 0 Å². The summed E-state index contributed by atoms with van der Waals surface area (Å²) in [4.78, 5) is 35.0. The average molecular weight is 409 g/mol. The maximum atomic E-state index is 12.9. The van der Waals surface area contributed by atoms with Gasteiger partial charge >= 0.3 is 0 Å². The molecule has 0 bridgehead atoms. The molecule has 2 aliphatic rings. The maximum Gasteiger partial charge on any atom is 0.251 e. The second-order valence-corrected chi connectivity index (χ2v) is 8.68. The molecule has 1 saturated heterocycles. The van der Waals surface area contributed by atoms with E-state index in [4.69, 9.17) is 4.98 Å². The number of rotatable bonds is 7. The Labute approximate surface area is 178 Å². The molecular formula is C24H32N4O2. The fraction of sp³-hybridized carbons (Fsp3) is 0.542. The first kappa shape index (κ1) is 20.8. The van der Waals surface area contributed by atoms with Crippen molar-refractivity contribution in [1.29, 1.82) is 0 Å². The minimum atomic E-state index is -0.200. The van der Waals surface area contributed by atoms with Crippen molar-refractivity contribution in [2.24, 2.45) is 0 Å². The largest absolute Gasteiger partial charge is 0.348 e. The minimum absolute atomic E-state index is 0.0369. The lowest BCUT2D eigenvalue weighted by Crippen LogP contribution is -2.40. The van der Waals surface area contributed by atoms with Crippen molar-refractivity contribution in [1.82, 2.24) is 20.2 Å².